The summed E-state index contributed by atoms with van der Waals surface area (Å²) < 4.78 is 7.44. The monoisotopic (exact) mass is 425 g/mol. The summed E-state index contributed by atoms with van der Waals surface area (Å²) in [6, 6.07) is 11.4. The van der Waals surface area contributed by atoms with Crippen LogP contribution in [0.25, 0.3) is 17.1 Å². The van der Waals surface area contributed by atoms with E-state index in [1.165, 1.54) is 28.5 Å². The first-order chi connectivity index (χ1) is 14.2. The summed E-state index contributed by atoms with van der Waals surface area (Å²) in [5.41, 5.74) is 1.67. The fourth-order valence-electron chi connectivity index (χ4n) is 2.68. The number of nitrogens with zero attached hydrogens (tertiary/aromatic N) is 5. The molecule has 0 radical (unpaired) electrons. The quantitative estimate of drug-likeness (QED) is 0.446. The number of hydrogen-bond donors (Lipinski definition) is 1. The van der Waals surface area contributed by atoms with Crippen molar-refractivity contribution in [3.05, 3.63) is 64.9 Å². The molecule has 8 nitrogen and oxygen atoms in total. The van der Waals surface area contributed by atoms with Gasteiger partial charge in [0.25, 0.3) is 0 Å². The van der Waals surface area contributed by atoms with Crippen LogP contribution in [-0.2, 0) is 5.75 Å². The molecule has 0 amide bonds. The fourth-order valence-corrected chi connectivity index (χ4v) is 4.41. The molecule has 0 saturated carbocycles. The minimum Gasteiger partial charge on any atom is -0.495 e. The molecule has 3 heterocycles. The third-order valence-electron chi connectivity index (χ3n) is 3.97. The molecular formula is C19H15N5O3S2. The minimum atomic E-state index is -1.03. The lowest BCUT2D eigenvalue weighted by Gasteiger charge is -2.13. The van der Waals surface area contributed by atoms with Gasteiger partial charge in [0, 0.05) is 23.3 Å². The second-order valence-corrected chi connectivity index (χ2v) is 7.66. The number of carboxylic acid groups (broad SMARTS) is 1. The highest BCUT2D eigenvalue weighted by Crippen LogP contribution is 2.33. The van der Waals surface area contributed by atoms with Crippen LogP contribution in [-0.4, -0.2) is 42.9 Å². The molecule has 146 valence electrons. The van der Waals surface area contributed by atoms with Gasteiger partial charge in [0.2, 0.25) is 0 Å². The minimum absolute atomic E-state index is 0.0489. The first kappa shape index (κ1) is 19.1. The zero-order valence-electron chi connectivity index (χ0n) is 15.2. The van der Waals surface area contributed by atoms with E-state index in [1.54, 1.807) is 19.5 Å². The molecular weight excluding hydrogens is 410 g/mol. The van der Waals surface area contributed by atoms with Gasteiger partial charge in [-0.1, -0.05) is 23.9 Å². The van der Waals surface area contributed by atoms with E-state index in [9.17, 15) is 4.79 Å². The lowest BCUT2D eigenvalue weighted by atomic mass is 10.2. The van der Waals surface area contributed by atoms with E-state index in [-0.39, 0.29) is 5.69 Å². The van der Waals surface area contributed by atoms with Gasteiger partial charge >= 0.3 is 5.97 Å². The number of aromatic carboxylic acids is 1. The van der Waals surface area contributed by atoms with Crippen LogP contribution in [0.3, 0.4) is 0 Å². The molecule has 0 fully saturated rings. The first-order valence-electron chi connectivity index (χ1n) is 8.47. The highest BCUT2D eigenvalue weighted by atomic mass is 32.2. The maximum absolute atomic E-state index is 11.0. The summed E-state index contributed by atoms with van der Waals surface area (Å²) in [6.07, 6.45) is 3.43. The number of carboxylic acids is 1. The number of thioether (sulfide) groups is 1. The van der Waals surface area contributed by atoms with Gasteiger partial charge in [-0.25, -0.2) is 9.78 Å². The van der Waals surface area contributed by atoms with Crippen molar-refractivity contribution >= 4 is 29.1 Å². The van der Waals surface area contributed by atoms with E-state index in [0.29, 0.717) is 27.5 Å². The number of para-hydroxylation sites is 2. The topological polar surface area (TPSA) is 103 Å². The van der Waals surface area contributed by atoms with Crippen LogP contribution in [0.5, 0.6) is 5.75 Å². The van der Waals surface area contributed by atoms with Crippen molar-refractivity contribution in [3.63, 3.8) is 0 Å². The molecule has 1 aromatic carbocycles. The van der Waals surface area contributed by atoms with Gasteiger partial charge in [-0.3, -0.25) is 9.55 Å². The predicted molar refractivity (Wildman–Crippen MR) is 110 cm³/mol. The Hall–Kier alpha value is -3.24. The molecule has 0 atom stereocenters. The van der Waals surface area contributed by atoms with Gasteiger partial charge in [-0.15, -0.1) is 21.5 Å². The number of carbonyl (C=O) groups is 1. The lowest BCUT2D eigenvalue weighted by Crippen LogP contribution is -2.02. The van der Waals surface area contributed by atoms with E-state index >= 15 is 0 Å². The van der Waals surface area contributed by atoms with Crippen LogP contribution >= 0.6 is 23.1 Å². The van der Waals surface area contributed by atoms with Crippen LogP contribution in [0.1, 0.15) is 15.5 Å². The second-order valence-electron chi connectivity index (χ2n) is 5.78. The molecule has 3 aromatic heterocycles. The summed E-state index contributed by atoms with van der Waals surface area (Å²) in [4.78, 5) is 19.4. The highest BCUT2D eigenvalue weighted by Gasteiger charge is 2.19. The van der Waals surface area contributed by atoms with Gasteiger partial charge in [0.1, 0.15) is 10.8 Å². The Balaban J connectivity index is 1.73. The molecule has 10 heteroatoms. The van der Waals surface area contributed by atoms with E-state index < -0.39 is 5.97 Å². The Bertz CT molecular complexity index is 1140. The van der Waals surface area contributed by atoms with E-state index in [1.807, 2.05) is 41.0 Å². The highest BCUT2D eigenvalue weighted by molar-refractivity contribution is 7.98. The van der Waals surface area contributed by atoms with E-state index in [4.69, 9.17) is 9.84 Å². The van der Waals surface area contributed by atoms with Crippen LogP contribution in [0.4, 0.5) is 0 Å². The molecule has 4 aromatic rings. The van der Waals surface area contributed by atoms with Crippen LogP contribution in [0.2, 0.25) is 0 Å². The summed E-state index contributed by atoms with van der Waals surface area (Å²) in [5.74, 6) is 0.754. The summed E-state index contributed by atoms with van der Waals surface area (Å²) in [7, 11) is 1.61. The van der Waals surface area contributed by atoms with Crippen molar-refractivity contribution in [2.45, 2.75) is 10.9 Å². The Morgan fingerprint density at radius 3 is 2.83 bits per heavy atom. The molecule has 0 saturated heterocycles. The molecule has 0 bridgehead atoms. The standard InChI is InChI=1S/C19H15N5O3S2/c1-27-15-7-3-2-6-14(15)24-17(12-5-4-8-20-9-12)22-23-19(24)29-11-16-21-13(10-28-16)18(25)26/h2-10H,11H2,1H3,(H,25,26). The molecule has 0 aliphatic rings. The number of hydrogen-bond acceptors (Lipinski definition) is 8. The maximum Gasteiger partial charge on any atom is 0.355 e. The Morgan fingerprint density at radius 2 is 2.10 bits per heavy atom. The van der Waals surface area contributed by atoms with Crippen LogP contribution < -0.4 is 4.74 Å². The number of methoxy groups -OCH3 is 1. The third-order valence-corrected chi connectivity index (χ3v) is 5.95. The van der Waals surface area contributed by atoms with Crippen molar-refractivity contribution in [3.8, 4) is 22.8 Å². The van der Waals surface area contributed by atoms with E-state index in [0.717, 1.165) is 11.3 Å². The van der Waals surface area contributed by atoms with Gasteiger partial charge in [-0.05, 0) is 24.3 Å². The number of pyridine rings is 1. The maximum atomic E-state index is 11.0. The number of thiazole rings is 1. The average molecular weight is 425 g/mol. The summed E-state index contributed by atoms with van der Waals surface area (Å²) in [6.45, 7) is 0. The van der Waals surface area contributed by atoms with Crippen molar-refractivity contribution in [2.75, 3.05) is 7.11 Å². The molecule has 0 aliphatic heterocycles. The van der Waals surface area contributed by atoms with Gasteiger partial charge in [0.15, 0.2) is 16.7 Å². The third kappa shape index (κ3) is 3.98. The van der Waals surface area contributed by atoms with Gasteiger partial charge in [0.05, 0.1) is 18.6 Å². The number of rotatable bonds is 7. The fraction of sp³-hybridized carbons (Fsp3) is 0.105. The zero-order chi connectivity index (χ0) is 20.2. The van der Waals surface area contributed by atoms with Crippen LogP contribution in [0.15, 0.2) is 59.3 Å². The van der Waals surface area contributed by atoms with Crippen LogP contribution in [0, 0.1) is 0 Å². The molecule has 0 aliphatic carbocycles. The summed E-state index contributed by atoms with van der Waals surface area (Å²) in [5, 5.41) is 20.6. The SMILES string of the molecule is COc1ccccc1-n1c(SCc2nc(C(=O)O)cs2)nnc1-c1cccnc1. The number of benzene rings is 1. The van der Waals surface area contributed by atoms with E-state index in [2.05, 4.69) is 20.2 Å². The van der Waals surface area contributed by atoms with Gasteiger partial charge in [-0.2, -0.15) is 0 Å². The Morgan fingerprint density at radius 1 is 1.24 bits per heavy atom. The second kappa shape index (κ2) is 8.41. The normalized spacial score (nSPS) is 10.8. The number of aromatic nitrogens is 5. The number of ether oxygens (including phenoxy) is 1. The zero-order valence-corrected chi connectivity index (χ0v) is 16.9. The van der Waals surface area contributed by atoms with Crippen molar-refractivity contribution < 1.29 is 14.6 Å². The van der Waals surface area contributed by atoms with Gasteiger partial charge < -0.3 is 9.84 Å². The predicted octanol–water partition coefficient (Wildman–Crippen LogP) is 3.78. The Labute approximate surface area is 174 Å². The molecule has 0 spiro atoms. The summed E-state index contributed by atoms with van der Waals surface area (Å²) >= 11 is 2.73. The average Bonchev–Trinajstić information content (AvgIpc) is 3.40. The molecule has 1 N–H and O–H groups in total. The smallest absolute Gasteiger partial charge is 0.355 e. The Kier molecular flexibility index (Phi) is 5.54. The molecule has 29 heavy (non-hydrogen) atoms. The molecule has 4 rings (SSSR count). The molecule has 0 unspecified atom stereocenters. The first-order valence-corrected chi connectivity index (χ1v) is 10.3. The van der Waals surface area contributed by atoms with Crippen molar-refractivity contribution in [1.29, 1.82) is 0 Å². The van der Waals surface area contributed by atoms with Crippen molar-refractivity contribution in [1.82, 2.24) is 24.7 Å². The lowest BCUT2D eigenvalue weighted by molar-refractivity contribution is 0.0691. The van der Waals surface area contributed by atoms with Crippen molar-refractivity contribution in [2.24, 2.45) is 0 Å². The largest absolute Gasteiger partial charge is 0.495 e.